The molecule has 0 bridgehead atoms. The van der Waals surface area contributed by atoms with E-state index >= 15 is 0 Å². The van der Waals surface area contributed by atoms with Gasteiger partial charge in [-0.25, -0.2) is 4.79 Å². The van der Waals surface area contributed by atoms with Crippen molar-refractivity contribution in [1.29, 1.82) is 0 Å². The van der Waals surface area contributed by atoms with Crippen molar-refractivity contribution in [1.82, 2.24) is 4.90 Å². The van der Waals surface area contributed by atoms with Crippen LogP contribution in [0.5, 0.6) is 0 Å². The van der Waals surface area contributed by atoms with Crippen LogP contribution in [-0.4, -0.2) is 48.0 Å². The SMILES string of the molecule is CC(C)(C)OC(=O)N1CC[C@H]2[C@@H](C1)c1cc(CC3CCCCC3)cc3c1N2CCCS3. The molecule has 0 N–H and O–H groups in total. The Hall–Kier alpha value is -1.36. The van der Waals surface area contributed by atoms with Gasteiger partial charge in [0.25, 0.3) is 0 Å². The van der Waals surface area contributed by atoms with Gasteiger partial charge in [0.2, 0.25) is 0 Å². The quantitative estimate of drug-likeness (QED) is 0.544. The zero-order valence-corrected chi connectivity index (χ0v) is 20.3. The molecule has 3 aliphatic heterocycles. The van der Waals surface area contributed by atoms with E-state index in [9.17, 15) is 4.79 Å². The molecule has 0 radical (unpaired) electrons. The van der Waals surface area contributed by atoms with E-state index in [1.807, 2.05) is 25.7 Å². The summed E-state index contributed by atoms with van der Waals surface area (Å²) in [5, 5.41) is 0. The van der Waals surface area contributed by atoms with Crippen LogP contribution in [0.25, 0.3) is 0 Å². The maximum absolute atomic E-state index is 12.8. The van der Waals surface area contributed by atoms with E-state index in [1.54, 1.807) is 0 Å². The van der Waals surface area contributed by atoms with E-state index in [2.05, 4.69) is 28.8 Å². The molecule has 1 saturated heterocycles. The first-order chi connectivity index (χ1) is 14.9. The summed E-state index contributed by atoms with van der Waals surface area (Å²) in [5.41, 5.74) is 4.10. The minimum Gasteiger partial charge on any atom is -0.444 e. The molecule has 31 heavy (non-hydrogen) atoms. The number of nitrogens with zero attached hydrogens (tertiary/aromatic N) is 2. The van der Waals surface area contributed by atoms with Crippen LogP contribution in [-0.2, 0) is 11.2 Å². The molecule has 1 aromatic carbocycles. The molecule has 1 amide bonds. The predicted molar refractivity (Wildman–Crippen MR) is 128 cm³/mol. The fourth-order valence-corrected chi connectivity index (χ4v) is 7.30. The number of ether oxygens (including phenoxy) is 1. The molecule has 4 nitrogen and oxygen atoms in total. The Bertz CT molecular complexity index is 827. The van der Waals surface area contributed by atoms with Gasteiger partial charge in [0.05, 0.1) is 5.69 Å². The lowest BCUT2D eigenvalue weighted by Gasteiger charge is -2.39. The number of fused-ring (bicyclic) bond motifs is 3. The molecule has 1 aromatic rings. The molecule has 1 aliphatic carbocycles. The van der Waals surface area contributed by atoms with Crippen molar-refractivity contribution >= 4 is 23.5 Å². The number of amides is 1. The lowest BCUT2D eigenvalue weighted by molar-refractivity contribution is 0.0189. The Balaban J connectivity index is 1.43. The molecular weight excluding hydrogens is 404 g/mol. The number of carbonyl (C=O) groups is 1. The standard InChI is InChI=1S/C26H38N2O2S/c1-26(2,3)30-25(29)27-12-10-22-21(17-27)20-15-19(14-18-8-5-4-6-9-18)16-23-24(20)28(22)11-7-13-31-23/h15-16,18,21-22H,4-14,17H2,1-3H3/t21-,22-/m0/s1. The van der Waals surface area contributed by atoms with E-state index in [0.717, 1.165) is 32.0 Å². The number of thioether (sulfide) groups is 1. The summed E-state index contributed by atoms with van der Waals surface area (Å²) in [4.78, 5) is 19.0. The van der Waals surface area contributed by atoms with Crippen molar-refractivity contribution in [3.63, 3.8) is 0 Å². The molecule has 2 fully saturated rings. The average Bonchev–Trinajstić information content (AvgIpc) is 2.88. The number of hydrogen-bond acceptors (Lipinski definition) is 4. The lowest BCUT2D eigenvalue weighted by Crippen LogP contribution is -2.49. The maximum Gasteiger partial charge on any atom is 0.410 e. The molecule has 170 valence electrons. The summed E-state index contributed by atoms with van der Waals surface area (Å²) in [6.07, 6.45) is 10.4. The number of likely N-dealkylation sites (tertiary alicyclic amines) is 1. The van der Waals surface area contributed by atoms with Crippen molar-refractivity contribution < 1.29 is 9.53 Å². The largest absolute Gasteiger partial charge is 0.444 e. The third-order valence-electron chi connectivity index (χ3n) is 7.53. The first kappa shape index (κ1) is 21.5. The second-order valence-electron chi connectivity index (χ2n) is 11.0. The molecule has 3 heterocycles. The monoisotopic (exact) mass is 442 g/mol. The minimum atomic E-state index is -0.439. The number of piperidine rings is 1. The molecule has 4 aliphatic rings. The summed E-state index contributed by atoms with van der Waals surface area (Å²) in [6, 6.07) is 5.57. The van der Waals surface area contributed by atoms with Gasteiger partial charge in [-0.15, -0.1) is 11.8 Å². The van der Waals surface area contributed by atoms with Gasteiger partial charge in [0.15, 0.2) is 0 Å². The van der Waals surface area contributed by atoms with Crippen molar-refractivity contribution in [2.45, 2.75) is 94.6 Å². The first-order valence-electron chi connectivity index (χ1n) is 12.4. The average molecular weight is 443 g/mol. The molecule has 1 saturated carbocycles. The highest BCUT2D eigenvalue weighted by Gasteiger charge is 2.45. The van der Waals surface area contributed by atoms with E-state index in [4.69, 9.17) is 4.74 Å². The van der Waals surface area contributed by atoms with Gasteiger partial charge in [-0.2, -0.15) is 0 Å². The third-order valence-corrected chi connectivity index (χ3v) is 8.64. The number of carbonyl (C=O) groups excluding carboxylic acids is 1. The summed E-state index contributed by atoms with van der Waals surface area (Å²) >= 11 is 2.06. The zero-order chi connectivity index (χ0) is 21.6. The van der Waals surface area contributed by atoms with E-state index < -0.39 is 5.60 Å². The fourth-order valence-electron chi connectivity index (χ4n) is 6.20. The van der Waals surface area contributed by atoms with Crippen molar-refractivity contribution in [3.05, 3.63) is 23.3 Å². The van der Waals surface area contributed by atoms with Crippen LogP contribution in [0.4, 0.5) is 10.5 Å². The van der Waals surface area contributed by atoms with Gasteiger partial charge >= 0.3 is 6.09 Å². The Morgan fingerprint density at radius 1 is 1.10 bits per heavy atom. The Kier molecular flexibility index (Phi) is 5.91. The van der Waals surface area contributed by atoms with Crippen LogP contribution < -0.4 is 4.90 Å². The van der Waals surface area contributed by atoms with E-state index in [-0.39, 0.29) is 6.09 Å². The van der Waals surface area contributed by atoms with Crippen molar-refractivity contribution in [3.8, 4) is 0 Å². The molecular formula is C26H38N2O2S. The third kappa shape index (κ3) is 4.44. The Morgan fingerprint density at radius 3 is 2.68 bits per heavy atom. The van der Waals surface area contributed by atoms with Gasteiger partial charge in [-0.3, -0.25) is 0 Å². The highest BCUT2D eigenvalue weighted by Crippen LogP contribution is 2.51. The molecule has 2 atom stereocenters. The van der Waals surface area contributed by atoms with Crippen molar-refractivity contribution in [2.24, 2.45) is 5.92 Å². The molecule has 0 aromatic heterocycles. The van der Waals surface area contributed by atoms with Gasteiger partial charge in [0, 0.05) is 36.5 Å². The highest BCUT2D eigenvalue weighted by atomic mass is 32.2. The summed E-state index contributed by atoms with van der Waals surface area (Å²) in [7, 11) is 0. The van der Waals surface area contributed by atoms with Crippen LogP contribution in [0.1, 0.15) is 82.8 Å². The smallest absolute Gasteiger partial charge is 0.410 e. The van der Waals surface area contributed by atoms with Gasteiger partial charge in [0.1, 0.15) is 5.60 Å². The number of hydrogen-bond donors (Lipinski definition) is 0. The van der Waals surface area contributed by atoms with E-state index in [1.165, 1.54) is 72.4 Å². The zero-order valence-electron chi connectivity index (χ0n) is 19.5. The van der Waals surface area contributed by atoms with Gasteiger partial charge < -0.3 is 14.5 Å². The van der Waals surface area contributed by atoms with Crippen LogP contribution in [0.2, 0.25) is 0 Å². The molecule has 0 unspecified atom stereocenters. The molecule has 0 spiro atoms. The second kappa shape index (κ2) is 8.53. The van der Waals surface area contributed by atoms with Crippen LogP contribution in [0, 0.1) is 5.92 Å². The van der Waals surface area contributed by atoms with E-state index in [0.29, 0.717) is 12.0 Å². The normalized spacial score (nSPS) is 26.3. The van der Waals surface area contributed by atoms with Gasteiger partial charge in [-0.1, -0.05) is 38.2 Å². The molecule has 5 heteroatoms. The van der Waals surface area contributed by atoms with Crippen LogP contribution in [0.3, 0.4) is 0 Å². The maximum atomic E-state index is 12.8. The summed E-state index contributed by atoms with van der Waals surface area (Å²) < 4.78 is 5.72. The summed E-state index contributed by atoms with van der Waals surface area (Å²) in [5.74, 6) is 2.49. The summed E-state index contributed by atoms with van der Waals surface area (Å²) in [6.45, 7) is 8.62. The number of rotatable bonds is 2. The Morgan fingerprint density at radius 2 is 1.90 bits per heavy atom. The van der Waals surface area contributed by atoms with Crippen LogP contribution >= 0.6 is 11.8 Å². The van der Waals surface area contributed by atoms with Crippen LogP contribution in [0.15, 0.2) is 17.0 Å². The first-order valence-corrected chi connectivity index (χ1v) is 13.4. The lowest BCUT2D eigenvalue weighted by atomic mass is 9.83. The van der Waals surface area contributed by atoms with Gasteiger partial charge in [-0.05, 0) is 68.9 Å². The topological polar surface area (TPSA) is 32.8 Å². The predicted octanol–water partition coefficient (Wildman–Crippen LogP) is 6.22. The Labute approximate surface area is 192 Å². The second-order valence-corrected chi connectivity index (χ2v) is 12.2. The highest BCUT2D eigenvalue weighted by molar-refractivity contribution is 7.99. The van der Waals surface area contributed by atoms with Crippen molar-refractivity contribution in [2.75, 3.05) is 30.3 Å². The molecule has 5 rings (SSSR count). The minimum absolute atomic E-state index is 0.147. The number of anilines is 1. The fraction of sp³-hybridized carbons (Fsp3) is 0.731. The number of benzene rings is 1.